The molecule has 0 radical (unpaired) electrons. The molecule has 0 amide bonds. The number of fused-ring (bicyclic) bond motifs is 1. The molecule has 0 aliphatic carbocycles. The molecule has 2 aromatic rings. The second-order valence-corrected chi connectivity index (χ2v) is 3.63. The summed E-state index contributed by atoms with van der Waals surface area (Å²) >= 11 is 0. The largest absolute Gasteiger partial charge is 0.404 e. The lowest BCUT2D eigenvalue weighted by molar-refractivity contribution is 1.41. The Bertz CT molecular complexity index is 595. The molecule has 17 heavy (non-hydrogen) atoms. The van der Waals surface area contributed by atoms with Gasteiger partial charge in [0.25, 0.3) is 0 Å². The van der Waals surface area contributed by atoms with Crippen LogP contribution in [0.3, 0.4) is 0 Å². The topological polar surface area (TPSA) is 38.9 Å². The standard InChI is InChI=1S/C15H14N2/c1-2-3-5-14(11-16)12-7-8-15-13(10-12)6-4-9-17-15/h2-11H,1,16H2/b5-3-,14-11+. The van der Waals surface area contributed by atoms with Crippen molar-refractivity contribution in [1.82, 2.24) is 4.98 Å². The van der Waals surface area contributed by atoms with E-state index in [4.69, 9.17) is 5.73 Å². The van der Waals surface area contributed by atoms with E-state index in [1.165, 1.54) is 0 Å². The van der Waals surface area contributed by atoms with E-state index < -0.39 is 0 Å². The van der Waals surface area contributed by atoms with Gasteiger partial charge in [0.1, 0.15) is 0 Å². The van der Waals surface area contributed by atoms with Crippen LogP contribution in [0.15, 0.2) is 67.5 Å². The lowest BCUT2D eigenvalue weighted by Gasteiger charge is -2.03. The maximum absolute atomic E-state index is 5.63. The van der Waals surface area contributed by atoms with Crippen molar-refractivity contribution in [3.8, 4) is 0 Å². The van der Waals surface area contributed by atoms with Crippen LogP contribution < -0.4 is 5.73 Å². The number of aromatic nitrogens is 1. The highest BCUT2D eigenvalue weighted by molar-refractivity contribution is 5.85. The first kappa shape index (κ1) is 11.1. The number of nitrogens with zero attached hydrogens (tertiary/aromatic N) is 1. The number of benzene rings is 1. The molecule has 0 bridgehead atoms. The minimum atomic E-state index is 0.968. The molecule has 1 heterocycles. The molecular formula is C15H14N2. The van der Waals surface area contributed by atoms with Gasteiger partial charge in [0.05, 0.1) is 5.52 Å². The number of nitrogens with two attached hydrogens (primary N) is 1. The van der Waals surface area contributed by atoms with Gasteiger partial charge in [-0.25, -0.2) is 0 Å². The Morgan fingerprint density at radius 1 is 1.29 bits per heavy atom. The van der Waals surface area contributed by atoms with E-state index >= 15 is 0 Å². The summed E-state index contributed by atoms with van der Waals surface area (Å²) < 4.78 is 0. The van der Waals surface area contributed by atoms with Crippen molar-refractivity contribution in [2.75, 3.05) is 0 Å². The Morgan fingerprint density at radius 2 is 2.18 bits per heavy atom. The van der Waals surface area contributed by atoms with Crippen molar-refractivity contribution < 1.29 is 0 Å². The van der Waals surface area contributed by atoms with Gasteiger partial charge in [-0.15, -0.1) is 0 Å². The Morgan fingerprint density at radius 3 is 2.94 bits per heavy atom. The second-order valence-electron chi connectivity index (χ2n) is 3.63. The van der Waals surface area contributed by atoms with Gasteiger partial charge in [0.15, 0.2) is 0 Å². The van der Waals surface area contributed by atoms with Gasteiger partial charge in [0.2, 0.25) is 0 Å². The third-order valence-electron chi connectivity index (χ3n) is 2.53. The summed E-state index contributed by atoms with van der Waals surface area (Å²) in [6.45, 7) is 3.65. The Hall–Kier alpha value is -2.35. The zero-order valence-electron chi connectivity index (χ0n) is 9.51. The lowest BCUT2D eigenvalue weighted by Crippen LogP contribution is -1.88. The fraction of sp³-hybridized carbons (Fsp3) is 0. The number of hydrogen-bond acceptors (Lipinski definition) is 2. The number of hydrogen-bond donors (Lipinski definition) is 1. The fourth-order valence-corrected chi connectivity index (χ4v) is 1.67. The summed E-state index contributed by atoms with van der Waals surface area (Å²) in [4.78, 5) is 4.28. The molecule has 1 aromatic carbocycles. The average Bonchev–Trinajstić information content (AvgIpc) is 2.39. The van der Waals surface area contributed by atoms with Gasteiger partial charge >= 0.3 is 0 Å². The molecule has 2 nitrogen and oxygen atoms in total. The molecule has 2 N–H and O–H groups in total. The predicted molar refractivity (Wildman–Crippen MR) is 73.2 cm³/mol. The second kappa shape index (κ2) is 5.12. The molecule has 0 saturated carbocycles. The quantitative estimate of drug-likeness (QED) is 0.809. The van der Waals surface area contributed by atoms with Crippen molar-refractivity contribution in [2.24, 2.45) is 5.73 Å². The van der Waals surface area contributed by atoms with Crippen LogP contribution in [-0.2, 0) is 0 Å². The van der Waals surface area contributed by atoms with Crippen LogP contribution in [0.4, 0.5) is 0 Å². The monoisotopic (exact) mass is 222 g/mol. The predicted octanol–water partition coefficient (Wildman–Crippen LogP) is 3.28. The molecule has 2 heteroatoms. The number of pyridine rings is 1. The molecule has 0 atom stereocenters. The molecule has 0 spiro atoms. The first-order valence-electron chi connectivity index (χ1n) is 5.41. The van der Waals surface area contributed by atoms with Gasteiger partial charge in [-0.2, -0.15) is 0 Å². The van der Waals surface area contributed by atoms with Crippen molar-refractivity contribution in [2.45, 2.75) is 0 Å². The Labute approximate surface area is 101 Å². The third-order valence-corrected chi connectivity index (χ3v) is 2.53. The molecule has 1 aromatic heterocycles. The molecule has 0 unspecified atom stereocenters. The van der Waals surface area contributed by atoms with E-state index in [1.54, 1.807) is 18.5 Å². The van der Waals surface area contributed by atoms with Crippen LogP contribution in [0.25, 0.3) is 16.5 Å². The smallest absolute Gasteiger partial charge is 0.0702 e. The van der Waals surface area contributed by atoms with E-state index in [1.807, 2.05) is 36.4 Å². The first-order chi connectivity index (χ1) is 8.35. The molecule has 0 aliphatic rings. The van der Waals surface area contributed by atoms with Gasteiger partial charge in [-0.3, -0.25) is 4.98 Å². The van der Waals surface area contributed by atoms with E-state index in [2.05, 4.69) is 17.6 Å². The minimum Gasteiger partial charge on any atom is -0.404 e. The van der Waals surface area contributed by atoms with E-state index in [-0.39, 0.29) is 0 Å². The normalized spacial score (nSPS) is 12.1. The zero-order chi connectivity index (χ0) is 12.1. The molecule has 2 rings (SSSR count). The zero-order valence-corrected chi connectivity index (χ0v) is 9.51. The highest BCUT2D eigenvalue weighted by atomic mass is 14.6. The molecule has 0 aliphatic heterocycles. The number of allylic oxidation sites excluding steroid dienone is 4. The summed E-state index contributed by atoms with van der Waals surface area (Å²) in [5.41, 5.74) is 8.66. The van der Waals surface area contributed by atoms with Gasteiger partial charge < -0.3 is 5.73 Å². The highest BCUT2D eigenvalue weighted by Gasteiger charge is 1.99. The summed E-state index contributed by atoms with van der Waals surface area (Å²) in [6.07, 6.45) is 8.92. The van der Waals surface area contributed by atoms with Gasteiger partial charge in [-0.05, 0) is 29.3 Å². The van der Waals surface area contributed by atoms with E-state index in [0.717, 1.165) is 22.0 Å². The SMILES string of the molecule is C=C/C=C\C(=C/N)c1ccc2ncccc2c1. The van der Waals surface area contributed by atoms with Crippen LogP contribution in [-0.4, -0.2) is 4.98 Å². The van der Waals surface area contributed by atoms with Crippen molar-refractivity contribution >= 4 is 16.5 Å². The van der Waals surface area contributed by atoms with Crippen molar-refractivity contribution in [1.29, 1.82) is 0 Å². The minimum absolute atomic E-state index is 0.968. The third kappa shape index (κ3) is 2.42. The Balaban J connectivity index is 2.48. The molecular weight excluding hydrogens is 208 g/mol. The average molecular weight is 222 g/mol. The van der Waals surface area contributed by atoms with E-state index in [0.29, 0.717) is 0 Å². The molecule has 0 saturated heterocycles. The van der Waals surface area contributed by atoms with Crippen LogP contribution in [0.1, 0.15) is 5.56 Å². The number of rotatable bonds is 3. The van der Waals surface area contributed by atoms with Crippen LogP contribution >= 0.6 is 0 Å². The summed E-state index contributed by atoms with van der Waals surface area (Å²) in [6, 6.07) is 10.1. The Kier molecular flexibility index (Phi) is 3.36. The maximum atomic E-state index is 5.63. The van der Waals surface area contributed by atoms with Gasteiger partial charge in [-0.1, -0.05) is 36.9 Å². The van der Waals surface area contributed by atoms with Crippen LogP contribution in [0, 0.1) is 0 Å². The van der Waals surface area contributed by atoms with Crippen LogP contribution in [0.5, 0.6) is 0 Å². The molecule has 84 valence electrons. The summed E-state index contributed by atoms with van der Waals surface area (Å²) in [5.74, 6) is 0. The fourth-order valence-electron chi connectivity index (χ4n) is 1.67. The van der Waals surface area contributed by atoms with Crippen molar-refractivity contribution in [3.05, 3.63) is 73.1 Å². The summed E-state index contributed by atoms with van der Waals surface area (Å²) in [5, 5.41) is 1.11. The highest BCUT2D eigenvalue weighted by Crippen LogP contribution is 2.20. The first-order valence-corrected chi connectivity index (χ1v) is 5.41. The van der Waals surface area contributed by atoms with Crippen molar-refractivity contribution in [3.63, 3.8) is 0 Å². The summed E-state index contributed by atoms with van der Waals surface area (Å²) in [7, 11) is 0. The van der Waals surface area contributed by atoms with Gasteiger partial charge in [0, 0.05) is 17.8 Å². The van der Waals surface area contributed by atoms with Crippen LogP contribution in [0.2, 0.25) is 0 Å². The maximum Gasteiger partial charge on any atom is 0.0702 e. The lowest BCUT2D eigenvalue weighted by atomic mass is 10.0. The molecule has 0 fully saturated rings. The van der Waals surface area contributed by atoms with E-state index in [9.17, 15) is 0 Å².